The Balaban J connectivity index is 2.09. The predicted octanol–water partition coefficient (Wildman–Crippen LogP) is 2.39. The Morgan fingerprint density at radius 1 is 1.60 bits per heavy atom. The molecule has 1 aromatic rings. The molecule has 7 nitrogen and oxygen atoms in total. The molecule has 1 unspecified atom stereocenters. The maximum atomic E-state index is 11.1. The lowest BCUT2D eigenvalue weighted by Gasteiger charge is -2.21. The van der Waals surface area contributed by atoms with Crippen LogP contribution in [0.1, 0.15) is 29.6 Å². The number of hydrogen-bond acceptors (Lipinski definition) is 6. The van der Waals surface area contributed by atoms with Gasteiger partial charge in [0.15, 0.2) is 0 Å². The summed E-state index contributed by atoms with van der Waals surface area (Å²) in [6.07, 6.45) is 4.56. The number of pyridine rings is 1. The molecule has 0 spiro atoms. The van der Waals surface area contributed by atoms with E-state index in [1.807, 2.05) is 11.8 Å². The Bertz CT molecular complexity index is 517. The molecule has 8 heteroatoms. The number of carboxylic acids is 1. The second-order valence-electron chi connectivity index (χ2n) is 4.52. The summed E-state index contributed by atoms with van der Waals surface area (Å²) in [5, 5.41) is 23.2. The van der Waals surface area contributed by atoms with Gasteiger partial charge in [0.25, 0.3) is 5.69 Å². The Labute approximate surface area is 119 Å². The van der Waals surface area contributed by atoms with Gasteiger partial charge in [-0.25, -0.2) is 9.78 Å². The summed E-state index contributed by atoms with van der Waals surface area (Å²) >= 11 is 1.86. The van der Waals surface area contributed by atoms with Crippen LogP contribution in [0.3, 0.4) is 0 Å². The molecule has 1 fully saturated rings. The average Bonchev–Trinajstić information content (AvgIpc) is 2.45. The summed E-state index contributed by atoms with van der Waals surface area (Å²) in [5.41, 5.74) is -0.486. The fourth-order valence-corrected chi connectivity index (χ4v) is 3.28. The van der Waals surface area contributed by atoms with Crippen molar-refractivity contribution in [3.63, 3.8) is 0 Å². The highest BCUT2D eigenvalue weighted by Gasteiger charge is 2.19. The lowest BCUT2D eigenvalue weighted by Crippen LogP contribution is -2.21. The highest BCUT2D eigenvalue weighted by atomic mass is 32.2. The van der Waals surface area contributed by atoms with Crippen LogP contribution in [0.4, 0.5) is 11.5 Å². The molecule has 0 saturated carbocycles. The van der Waals surface area contributed by atoms with Gasteiger partial charge in [0.05, 0.1) is 4.92 Å². The summed E-state index contributed by atoms with van der Waals surface area (Å²) in [5.74, 6) is 0.0838. The molecule has 0 aromatic carbocycles. The highest BCUT2D eigenvalue weighted by Crippen LogP contribution is 2.26. The quantitative estimate of drug-likeness (QED) is 0.635. The second kappa shape index (κ2) is 6.56. The number of hydrogen-bond donors (Lipinski definition) is 2. The van der Waals surface area contributed by atoms with E-state index in [4.69, 9.17) is 5.11 Å². The normalized spacial score (nSPS) is 18.5. The van der Waals surface area contributed by atoms with Gasteiger partial charge < -0.3 is 10.4 Å². The lowest BCUT2D eigenvalue weighted by atomic mass is 10.2. The van der Waals surface area contributed by atoms with Crippen molar-refractivity contribution >= 4 is 29.2 Å². The molecule has 2 N–H and O–H groups in total. The number of nitrogens with one attached hydrogen (secondary N) is 1. The number of carboxylic acid groups (broad SMARTS) is 1. The van der Waals surface area contributed by atoms with Gasteiger partial charge in [-0.05, 0) is 18.6 Å². The lowest BCUT2D eigenvalue weighted by molar-refractivity contribution is -0.385. The number of aromatic nitrogens is 1. The van der Waals surface area contributed by atoms with Crippen molar-refractivity contribution in [2.24, 2.45) is 0 Å². The summed E-state index contributed by atoms with van der Waals surface area (Å²) in [6, 6.07) is 1.03. The first-order chi connectivity index (χ1) is 9.58. The molecule has 2 heterocycles. The van der Waals surface area contributed by atoms with E-state index in [1.54, 1.807) is 0 Å². The molecule has 1 aliphatic heterocycles. The van der Waals surface area contributed by atoms with Gasteiger partial charge in [-0.3, -0.25) is 10.1 Å². The van der Waals surface area contributed by atoms with Crippen LogP contribution in [-0.2, 0) is 0 Å². The summed E-state index contributed by atoms with van der Waals surface area (Å²) < 4.78 is 0. The van der Waals surface area contributed by atoms with E-state index in [0.29, 0.717) is 11.8 Å². The number of nitro groups is 1. The van der Waals surface area contributed by atoms with Crippen molar-refractivity contribution in [1.82, 2.24) is 4.98 Å². The third-order valence-electron chi connectivity index (χ3n) is 3.09. The minimum Gasteiger partial charge on any atom is -0.478 e. The molecular weight excluding hydrogens is 282 g/mol. The molecule has 1 saturated heterocycles. The number of nitrogens with zero attached hydrogens (tertiary/aromatic N) is 2. The zero-order valence-corrected chi connectivity index (χ0v) is 11.6. The van der Waals surface area contributed by atoms with Crippen molar-refractivity contribution in [2.75, 3.05) is 17.6 Å². The zero-order chi connectivity index (χ0) is 14.5. The molecule has 1 aliphatic rings. The number of rotatable bonds is 5. The zero-order valence-electron chi connectivity index (χ0n) is 10.7. The Hall–Kier alpha value is -1.83. The van der Waals surface area contributed by atoms with Crippen molar-refractivity contribution in [3.05, 3.63) is 27.9 Å². The van der Waals surface area contributed by atoms with Crippen LogP contribution in [0.25, 0.3) is 0 Å². The third-order valence-corrected chi connectivity index (χ3v) is 4.48. The summed E-state index contributed by atoms with van der Waals surface area (Å²) in [4.78, 5) is 25.0. The molecule has 0 bridgehead atoms. The second-order valence-corrected chi connectivity index (χ2v) is 5.93. The SMILES string of the molecule is O=C(O)c1cc([N+](=O)[O-])cnc1NCC1CCCCS1. The topological polar surface area (TPSA) is 105 Å². The van der Waals surface area contributed by atoms with Crippen LogP contribution in [-0.4, -0.2) is 38.5 Å². The van der Waals surface area contributed by atoms with Crippen molar-refractivity contribution in [2.45, 2.75) is 24.5 Å². The first-order valence-corrected chi connectivity index (χ1v) is 7.36. The Kier molecular flexibility index (Phi) is 4.78. The number of aromatic carboxylic acids is 1. The maximum absolute atomic E-state index is 11.1. The van der Waals surface area contributed by atoms with Crippen LogP contribution in [0, 0.1) is 10.1 Å². The van der Waals surface area contributed by atoms with E-state index in [0.717, 1.165) is 24.4 Å². The van der Waals surface area contributed by atoms with Gasteiger partial charge in [0.1, 0.15) is 17.6 Å². The van der Waals surface area contributed by atoms with Gasteiger partial charge >= 0.3 is 5.97 Å². The minimum atomic E-state index is -1.22. The van der Waals surface area contributed by atoms with E-state index in [-0.39, 0.29) is 17.1 Å². The average molecular weight is 297 g/mol. The summed E-state index contributed by atoms with van der Waals surface area (Å²) in [6.45, 7) is 0.621. The van der Waals surface area contributed by atoms with Crippen molar-refractivity contribution in [1.29, 1.82) is 0 Å². The molecule has 0 aliphatic carbocycles. The molecular formula is C12H15N3O4S. The van der Waals surface area contributed by atoms with Gasteiger partial charge in [-0.1, -0.05) is 6.42 Å². The van der Waals surface area contributed by atoms with E-state index < -0.39 is 10.9 Å². The van der Waals surface area contributed by atoms with Crippen LogP contribution in [0.5, 0.6) is 0 Å². The molecule has 0 radical (unpaired) electrons. The van der Waals surface area contributed by atoms with Crippen LogP contribution < -0.4 is 5.32 Å². The van der Waals surface area contributed by atoms with Gasteiger partial charge in [0.2, 0.25) is 0 Å². The van der Waals surface area contributed by atoms with E-state index >= 15 is 0 Å². The van der Waals surface area contributed by atoms with Gasteiger partial charge in [-0.2, -0.15) is 11.8 Å². The van der Waals surface area contributed by atoms with Crippen LogP contribution in [0.2, 0.25) is 0 Å². The van der Waals surface area contributed by atoms with Crippen LogP contribution in [0.15, 0.2) is 12.3 Å². The summed E-state index contributed by atoms with van der Waals surface area (Å²) in [7, 11) is 0. The Morgan fingerprint density at radius 2 is 2.40 bits per heavy atom. The number of thioether (sulfide) groups is 1. The molecule has 2 rings (SSSR count). The first-order valence-electron chi connectivity index (χ1n) is 6.31. The third kappa shape index (κ3) is 3.60. The highest BCUT2D eigenvalue weighted by molar-refractivity contribution is 7.99. The molecule has 108 valence electrons. The fourth-order valence-electron chi connectivity index (χ4n) is 2.04. The molecule has 0 amide bonds. The van der Waals surface area contributed by atoms with Crippen LogP contribution >= 0.6 is 11.8 Å². The minimum absolute atomic E-state index is 0.167. The number of carbonyl (C=O) groups is 1. The molecule has 1 aromatic heterocycles. The van der Waals surface area contributed by atoms with E-state index in [9.17, 15) is 14.9 Å². The monoisotopic (exact) mass is 297 g/mol. The first kappa shape index (κ1) is 14.6. The van der Waals surface area contributed by atoms with Gasteiger partial charge in [-0.15, -0.1) is 0 Å². The standard InChI is InChI=1S/C12H15N3O4S/c16-12(17)10-5-8(15(18)19)6-13-11(10)14-7-9-3-1-2-4-20-9/h5-6,9H,1-4,7H2,(H,13,14)(H,16,17). The molecule has 20 heavy (non-hydrogen) atoms. The van der Waals surface area contributed by atoms with E-state index in [2.05, 4.69) is 10.3 Å². The maximum Gasteiger partial charge on any atom is 0.339 e. The van der Waals surface area contributed by atoms with Gasteiger partial charge in [0, 0.05) is 17.9 Å². The predicted molar refractivity (Wildman–Crippen MR) is 76.4 cm³/mol. The fraction of sp³-hybridized carbons (Fsp3) is 0.500. The van der Waals surface area contributed by atoms with E-state index in [1.165, 1.54) is 12.8 Å². The largest absolute Gasteiger partial charge is 0.478 e. The Morgan fingerprint density at radius 3 is 3.00 bits per heavy atom. The number of anilines is 1. The smallest absolute Gasteiger partial charge is 0.339 e. The van der Waals surface area contributed by atoms with Crippen molar-refractivity contribution in [3.8, 4) is 0 Å². The molecule has 1 atom stereocenters. The van der Waals surface area contributed by atoms with Crippen molar-refractivity contribution < 1.29 is 14.8 Å².